The molecule has 0 saturated carbocycles. The Balaban J connectivity index is 1.53. The van der Waals surface area contributed by atoms with Crippen LogP contribution in [0.4, 0.5) is 0 Å². The predicted octanol–water partition coefficient (Wildman–Crippen LogP) is 4.69. The number of pyridine rings is 1. The molecular formula is C21H13N7S. The first-order valence-electron chi connectivity index (χ1n) is 8.99. The van der Waals surface area contributed by atoms with Crippen LogP contribution in [0.15, 0.2) is 66.7 Å². The average Bonchev–Trinajstić information content (AvgIpc) is 3.52. The van der Waals surface area contributed by atoms with Crippen molar-refractivity contribution in [2.24, 2.45) is 0 Å². The van der Waals surface area contributed by atoms with Gasteiger partial charge in [-0.2, -0.15) is 5.10 Å². The molecular weight excluding hydrogens is 382 g/mol. The average molecular weight is 395 g/mol. The van der Waals surface area contributed by atoms with Gasteiger partial charge in [-0.25, -0.2) is 15.0 Å². The summed E-state index contributed by atoms with van der Waals surface area (Å²) in [4.78, 5) is 22.1. The zero-order valence-electron chi connectivity index (χ0n) is 15.0. The number of imidazole rings is 1. The lowest BCUT2D eigenvalue weighted by molar-refractivity contribution is 1.11. The standard InChI is InChI=1S/C21H13N7S/c1-2-17(29-7-1)20-19-16(5-6-24-20)25-21(26-19)18-14-8-12(3-4-15(14)27-28-18)13-9-22-11-23-10-13/h1-11H,(H,25,26)(H,27,28). The molecule has 138 valence electrons. The molecule has 5 aromatic heterocycles. The SMILES string of the molecule is c1csc(-c2nccc3[nH]c(-c4n[nH]c5ccc(-c6cncnc6)cc45)nc23)c1. The van der Waals surface area contributed by atoms with Crippen molar-refractivity contribution in [1.29, 1.82) is 0 Å². The molecule has 0 aliphatic heterocycles. The van der Waals surface area contributed by atoms with Gasteiger partial charge in [0.2, 0.25) is 0 Å². The summed E-state index contributed by atoms with van der Waals surface area (Å²) < 4.78 is 0. The molecule has 0 atom stereocenters. The Hall–Kier alpha value is -3.91. The zero-order valence-corrected chi connectivity index (χ0v) is 15.8. The van der Waals surface area contributed by atoms with Crippen LogP contribution in [0.3, 0.4) is 0 Å². The molecule has 0 bridgehead atoms. The topological polar surface area (TPSA) is 96.0 Å². The number of thiophene rings is 1. The Morgan fingerprint density at radius 2 is 1.83 bits per heavy atom. The van der Waals surface area contributed by atoms with E-state index in [9.17, 15) is 0 Å². The number of rotatable bonds is 3. The third-order valence-corrected chi connectivity index (χ3v) is 5.71. The molecule has 5 heterocycles. The molecule has 8 heteroatoms. The first kappa shape index (κ1) is 16.1. The van der Waals surface area contributed by atoms with Crippen molar-refractivity contribution in [3.63, 3.8) is 0 Å². The van der Waals surface area contributed by atoms with E-state index >= 15 is 0 Å². The van der Waals surface area contributed by atoms with E-state index in [-0.39, 0.29) is 0 Å². The van der Waals surface area contributed by atoms with Crippen LogP contribution in [0.1, 0.15) is 0 Å². The Morgan fingerprint density at radius 3 is 2.69 bits per heavy atom. The lowest BCUT2D eigenvalue weighted by Gasteiger charge is -2.00. The lowest BCUT2D eigenvalue weighted by atomic mass is 10.1. The van der Waals surface area contributed by atoms with Gasteiger partial charge in [-0.1, -0.05) is 12.1 Å². The highest BCUT2D eigenvalue weighted by Gasteiger charge is 2.16. The Kier molecular flexibility index (Phi) is 3.50. The molecule has 6 rings (SSSR count). The molecule has 0 spiro atoms. The minimum absolute atomic E-state index is 0.707. The summed E-state index contributed by atoms with van der Waals surface area (Å²) in [6.45, 7) is 0. The maximum Gasteiger partial charge on any atom is 0.159 e. The number of benzene rings is 1. The number of aromatic amines is 2. The quantitative estimate of drug-likeness (QED) is 0.453. The fraction of sp³-hybridized carbons (Fsp3) is 0. The van der Waals surface area contributed by atoms with E-state index in [1.807, 2.05) is 29.6 Å². The maximum atomic E-state index is 4.85. The molecule has 29 heavy (non-hydrogen) atoms. The molecule has 0 radical (unpaired) electrons. The van der Waals surface area contributed by atoms with Crippen LogP contribution >= 0.6 is 11.3 Å². The van der Waals surface area contributed by atoms with E-state index < -0.39 is 0 Å². The third-order valence-electron chi connectivity index (χ3n) is 4.84. The predicted molar refractivity (Wildman–Crippen MR) is 113 cm³/mol. The number of hydrogen-bond acceptors (Lipinski definition) is 6. The molecule has 0 aliphatic carbocycles. The van der Waals surface area contributed by atoms with Crippen molar-refractivity contribution in [1.82, 2.24) is 35.1 Å². The van der Waals surface area contributed by atoms with Gasteiger partial charge >= 0.3 is 0 Å². The van der Waals surface area contributed by atoms with E-state index in [1.165, 1.54) is 6.33 Å². The second-order valence-corrected chi connectivity index (χ2v) is 7.53. The summed E-state index contributed by atoms with van der Waals surface area (Å²) in [7, 11) is 0. The van der Waals surface area contributed by atoms with Gasteiger partial charge in [0, 0.05) is 29.5 Å². The molecule has 1 aromatic carbocycles. The minimum Gasteiger partial charge on any atom is -0.336 e. The molecule has 0 amide bonds. The van der Waals surface area contributed by atoms with Crippen LogP contribution in [0, 0.1) is 0 Å². The first-order chi connectivity index (χ1) is 14.4. The van der Waals surface area contributed by atoms with Crippen LogP contribution < -0.4 is 0 Å². The summed E-state index contributed by atoms with van der Waals surface area (Å²) in [5.41, 5.74) is 6.34. The van der Waals surface area contributed by atoms with Crippen molar-refractivity contribution in [3.05, 3.63) is 66.7 Å². The number of fused-ring (bicyclic) bond motifs is 2. The highest BCUT2D eigenvalue weighted by molar-refractivity contribution is 7.13. The largest absolute Gasteiger partial charge is 0.336 e. The van der Waals surface area contributed by atoms with Crippen LogP contribution in [0.5, 0.6) is 0 Å². The third kappa shape index (κ3) is 2.61. The molecule has 2 N–H and O–H groups in total. The highest BCUT2D eigenvalue weighted by atomic mass is 32.1. The van der Waals surface area contributed by atoms with E-state index in [0.717, 1.165) is 49.3 Å². The van der Waals surface area contributed by atoms with Crippen LogP contribution in [0.25, 0.3) is 55.2 Å². The monoisotopic (exact) mass is 395 g/mol. The molecule has 0 saturated heterocycles. The summed E-state index contributed by atoms with van der Waals surface area (Å²) >= 11 is 1.65. The number of hydrogen-bond donors (Lipinski definition) is 2. The van der Waals surface area contributed by atoms with E-state index in [1.54, 1.807) is 29.9 Å². The second-order valence-electron chi connectivity index (χ2n) is 6.58. The summed E-state index contributed by atoms with van der Waals surface area (Å²) in [5, 5.41) is 10.6. The van der Waals surface area contributed by atoms with Gasteiger partial charge in [0.1, 0.15) is 23.2 Å². The van der Waals surface area contributed by atoms with Crippen molar-refractivity contribution in [2.45, 2.75) is 0 Å². The van der Waals surface area contributed by atoms with Crippen LogP contribution in [-0.2, 0) is 0 Å². The Morgan fingerprint density at radius 1 is 0.897 bits per heavy atom. The number of nitrogens with one attached hydrogen (secondary N) is 2. The fourth-order valence-corrected chi connectivity index (χ4v) is 4.19. The van der Waals surface area contributed by atoms with Gasteiger partial charge in [0.05, 0.1) is 15.9 Å². The Bertz CT molecular complexity index is 1450. The van der Waals surface area contributed by atoms with Gasteiger partial charge in [-0.05, 0) is 35.2 Å². The molecule has 0 fully saturated rings. The van der Waals surface area contributed by atoms with Crippen LogP contribution in [0.2, 0.25) is 0 Å². The van der Waals surface area contributed by atoms with Gasteiger partial charge in [-0.15, -0.1) is 11.3 Å². The maximum absolute atomic E-state index is 4.85. The smallest absolute Gasteiger partial charge is 0.159 e. The molecule has 0 unspecified atom stereocenters. The second kappa shape index (κ2) is 6.32. The van der Waals surface area contributed by atoms with Gasteiger partial charge < -0.3 is 4.98 Å². The number of aromatic nitrogens is 7. The van der Waals surface area contributed by atoms with Crippen molar-refractivity contribution in [3.8, 4) is 33.2 Å². The molecule has 0 aliphatic rings. The Labute approximate surface area is 168 Å². The summed E-state index contributed by atoms with van der Waals surface area (Å²) in [6, 6.07) is 12.1. The molecule has 7 nitrogen and oxygen atoms in total. The van der Waals surface area contributed by atoms with E-state index in [4.69, 9.17) is 4.98 Å². The lowest BCUT2D eigenvalue weighted by Crippen LogP contribution is -1.84. The summed E-state index contributed by atoms with van der Waals surface area (Å²) in [6.07, 6.45) is 6.93. The fourth-order valence-electron chi connectivity index (χ4n) is 3.46. The van der Waals surface area contributed by atoms with E-state index in [2.05, 4.69) is 42.3 Å². The number of H-pyrrole nitrogens is 2. The molecule has 6 aromatic rings. The highest BCUT2D eigenvalue weighted by Crippen LogP contribution is 2.33. The number of nitrogens with zero attached hydrogens (tertiary/aromatic N) is 5. The van der Waals surface area contributed by atoms with Crippen molar-refractivity contribution < 1.29 is 0 Å². The van der Waals surface area contributed by atoms with Gasteiger partial charge in [0.25, 0.3) is 0 Å². The first-order valence-corrected chi connectivity index (χ1v) is 9.87. The van der Waals surface area contributed by atoms with Crippen molar-refractivity contribution >= 4 is 33.3 Å². The van der Waals surface area contributed by atoms with Crippen LogP contribution in [-0.4, -0.2) is 35.1 Å². The van der Waals surface area contributed by atoms with Gasteiger partial charge in [0.15, 0.2) is 5.82 Å². The van der Waals surface area contributed by atoms with Crippen molar-refractivity contribution in [2.75, 3.05) is 0 Å². The normalized spacial score (nSPS) is 11.4. The summed E-state index contributed by atoms with van der Waals surface area (Å²) in [5.74, 6) is 0.707. The minimum atomic E-state index is 0.707. The zero-order chi connectivity index (χ0) is 19.2. The van der Waals surface area contributed by atoms with E-state index in [0.29, 0.717) is 5.82 Å². The van der Waals surface area contributed by atoms with Gasteiger partial charge in [-0.3, -0.25) is 10.1 Å².